The summed E-state index contributed by atoms with van der Waals surface area (Å²) >= 11 is 1.81. The van der Waals surface area contributed by atoms with E-state index in [1.165, 1.54) is 0 Å². The van der Waals surface area contributed by atoms with Crippen LogP contribution in [0.2, 0.25) is 0 Å². The van der Waals surface area contributed by atoms with Gasteiger partial charge in [0.05, 0.1) is 13.7 Å². The lowest BCUT2D eigenvalue weighted by Crippen LogP contribution is -2.38. The lowest BCUT2D eigenvalue weighted by Gasteiger charge is -2.23. The number of hydrogen-bond donors (Lipinski definition) is 1. The van der Waals surface area contributed by atoms with Gasteiger partial charge in [0, 0.05) is 31.5 Å². The molecule has 0 saturated heterocycles. The van der Waals surface area contributed by atoms with Crippen molar-refractivity contribution in [2.75, 3.05) is 39.3 Å². The second kappa shape index (κ2) is 9.53. The van der Waals surface area contributed by atoms with Crippen LogP contribution < -0.4 is 10.1 Å². The molecule has 1 rings (SSSR count). The van der Waals surface area contributed by atoms with E-state index >= 15 is 0 Å². The monoisotopic (exact) mass is 295 g/mol. The van der Waals surface area contributed by atoms with E-state index in [1.54, 1.807) is 7.11 Å². The van der Waals surface area contributed by atoms with Crippen LogP contribution in [0, 0.1) is 0 Å². The van der Waals surface area contributed by atoms with Crippen molar-refractivity contribution in [1.82, 2.24) is 10.2 Å². The molecule has 0 radical (unpaired) electrons. The standard InChI is InChI=1S/C15H25N3OS/c1-5-16-15(17-10-11-20-4)18(2)12-13-8-6-7-9-14(13)19-3/h6-9H,5,10-12H2,1-4H3,(H,16,17). The Balaban J connectivity index is 2.74. The van der Waals surface area contributed by atoms with Crippen LogP contribution >= 0.6 is 11.8 Å². The van der Waals surface area contributed by atoms with Gasteiger partial charge in [-0.3, -0.25) is 4.99 Å². The zero-order valence-corrected chi connectivity index (χ0v) is 13.7. The summed E-state index contributed by atoms with van der Waals surface area (Å²) in [5.41, 5.74) is 1.16. The molecule has 0 aromatic heterocycles. The van der Waals surface area contributed by atoms with Gasteiger partial charge in [0.25, 0.3) is 0 Å². The molecular formula is C15H25N3OS. The molecule has 0 spiro atoms. The van der Waals surface area contributed by atoms with Crippen molar-refractivity contribution in [3.63, 3.8) is 0 Å². The molecule has 4 nitrogen and oxygen atoms in total. The predicted molar refractivity (Wildman–Crippen MR) is 88.8 cm³/mol. The molecular weight excluding hydrogens is 270 g/mol. The molecule has 112 valence electrons. The first kappa shape index (κ1) is 16.7. The Hall–Kier alpha value is -1.36. The Morgan fingerprint density at radius 3 is 2.80 bits per heavy atom. The Morgan fingerprint density at radius 1 is 1.40 bits per heavy atom. The highest BCUT2D eigenvalue weighted by atomic mass is 32.2. The van der Waals surface area contributed by atoms with Gasteiger partial charge in [0.2, 0.25) is 0 Å². The van der Waals surface area contributed by atoms with Gasteiger partial charge in [-0.25, -0.2) is 0 Å². The van der Waals surface area contributed by atoms with Crippen LogP contribution in [0.15, 0.2) is 29.3 Å². The molecule has 0 fully saturated rings. The number of aliphatic imine (C=N–C) groups is 1. The second-order valence-corrected chi connectivity index (χ2v) is 5.38. The van der Waals surface area contributed by atoms with Crippen molar-refractivity contribution in [3.05, 3.63) is 29.8 Å². The summed E-state index contributed by atoms with van der Waals surface area (Å²) in [6, 6.07) is 8.09. The first-order chi connectivity index (χ1) is 9.72. The highest BCUT2D eigenvalue weighted by molar-refractivity contribution is 7.98. The molecule has 0 amide bonds. The maximum atomic E-state index is 5.39. The predicted octanol–water partition coefficient (Wildman–Crippen LogP) is 2.46. The van der Waals surface area contributed by atoms with Crippen LogP contribution in [0.1, 0.15) is 12.5 Å². The van der Waals surface area contributed by atoms with Crippen LogP contribution in [0.25, 0.3) is 0 Å². The fraction of sp³-hybridized carbons (Fsp3) is 0.533. The Morgan fingerprint density at radius 2 is 2.15 bits per heavy atom. The van der Waals surface area contributed by atoms with E-state index in [1.807, 2.05) is 37.0 Å². The minimum atomic E-state index is 0.773. The molecule has 5 heteroatoms. The van der Waals surface area contributed by atoms with Crippen molar-refractivity contribution < 1.29 is 4.74 Å². The summed E-state index contributed by atoms with van der Waals surface area (Å²) in [6.07, 6.45) is 2.10. The fourth-order valence-corrected chi connectivity index (χ4v) is 2.15. The van der Waals surface area contributed by atoms with E-state index in [0.29, 0.717) is 0 Å². The van der Waals surface area contributed by atoms with Gasteiger partial charge in [-0.15, -0.1) is 0 Å². The first-order valence-corrected chi connectivity index (χ1v) is 8.22. The highest BCUT2D eigenvalue weighted by Gasteiger charge is 2.09. The van der Waals surface area contributed by atoms with E-state index in [4.69, 9.17) is 4.74 Å². The van der Waals surface area contributed by atoms with E-state index in [0.717, 1.165) is 42.7 Å². The number of methoxy groups -OCH3 is 1. The van der Waals surface area contributed by atoms with E-state index in [2.05, 4.69) is 34.5 Å². The van der Waals surface area contributed by atoms with Gasteiger partial charge < -0.3 is 15.0 Å². The molecule has 0 atom stereocenters. The third-order valence-electron chi connectivity index (χ3n) is 2.85. The number of para-hydroxylation sites is 1. The molecule has 1 aromatic rings. The van der Waals surface area contributed by atoms with E-state index in [9.17, 15) is 0 Å². The summed E-state index contributed by atoms with van der Waals surface area (Å²) in [7, 11) is 3.75. The van der Waals surface area contributed by atoms with Gasteiger partial charge in [-0.2, -0.15) is 11.8 Å². The van der Waals surface area contributed by atoms with Crippen LogP contribution in [-0.4, -0.2) is 50.1 Å². The van der Waals surface area contributed by atoms with Crippen molar-refractivity contribution in [1.29, 1.82) is 0 Å². The van der Waals surface area contributed by atoms with Gasteiger partial charge in [0.15, 0.2) is 5.96 Å². The molecule has 0 saturated carbocycles. The maximum absolute atomic E-state index is 5.39. The highest BCUT2D eigenvalue weighted by Crippen LogP contribution is 2.18. The lowest BCUT2D eigenvalue weighted by atomic mass is 10.2. The zero-order valence-electron chi connectivity index (χ0n) is 12.8. The largest absolute Gasteiger partial charge is 0.496 e. The molecule has 0 aliphatic carbocycles. The van der Waals surface area contributed by atoms with Crippen LogP contribution in [0.3, 0.4) is 0 Å². The quantitative estimate of drug-likeness (QED) is 0.476. The number of nitrogens with one attached hydrogen (secondary N) is 1. The maximum Gasteiger partial charge on any atom is 0.193 e. The Labute approximate surface area is 126 Å². The fourth-order valence-electron chi connectivity index (χ4n) is 1.88. The molecule has 0 aliphatic rings. The Bertz CT molecular complexity index is 423. The number of thioether (sulfide) groups is 1. The van der Waals surface area contributed by atoms with Gasteiger partial charge in [-0.1, -0.05) is 18.2 Å². The van der Waals surface area contributed by atoms with Crippen molar-refractivity contribution >= 4 is 17.7 Å². The van der Waals surface area contributed by atoms with Crippen molar-refractivity contribution in [2.45, 2.75) is 13.5 Å². The Kier molecular flexibility index (Phi) is 7.95. The van der Waals surface area contributed by atoms with Gasteiger partial charge in [-0.05, 0) is 19.2 Å². The number of hydrogen-bond acceptors (Lipinski definition) is 3. The normalized spacial score (nSPS) is 11.3. The minimum absolute atomic E-state index is 0.773. The number of nitrogens with zero attached hydrogens (tertiary/aromatic N) is 2. The van der Waals surface area contributed by atoms with Gasteiger partial charge in [0.1, 0.15) is 5.75 Å². The summed E-state index contributed by atoms with van der Waals surface area (Å²) in [5.74, 6) is 2.89. The smallest absolute Gasteiger partial charge is 0.193 e. The molecule has 20 heavy (non-hydrogen) atoms. The molecule has 0 unspecified atom stereocenters. The summed E-state index contributed by atoms with van der Waals surface area (Å²) in [6.45, 7) is 4.56. The molecule has 1 aromatic carbocycles. The first-order valence-electron chi connectivity index (χ1n) is 6.83. The van der Waals surface area contributed by atoms with E-state index < -0.39 is 0 Å². The molecule has 0 aliphatic heterocycles. The van der Waals surface area contributed by atoms with Crippen LogP contribution in [-0.2, 0) is 6.54 Å². The number of ether oxygens (including phenoxy) is 1. The lowest BCUT2D eigenvalue weighted by molar-refractivity contribution is 0.396. The topological polar surface area (TPSA) is 36.9 Å². The third-order valence-corrected chi connectivity index (χ3v) is 3.44. The zero-order chi connectivity index (χ0) is 14.8. The SMILES string of the molecule is CCNC(=NCCSC)N(C)Cc1ccccc1OC. The number of rotatable bonds is 7. The number of guanidine groups is 1. The van der Waals surface area contributed by atoms with Gasteiger partial charge >= 0.3 is 0 Å². The average Bonchev–Trinajstić information content (AvgIpc) is 2.47. The second-order valence-electron chi connectivity index (χ2n) is 4.40. The molecule has 0 heterocycles. The summed E-state index contributed by atoms with van der Waals surface area (Å²) in [4.78, 5) is 6.75. The molecule has 1 N–H and O–H groups in total. The average molecular weight is 295 g/mol. The van der Waals surface area contributed by atoms with Crippen LogP contribution in [0.4, 0.5) is 0 Å². The van der Waals surface area contributed by atoms with E-state index in [-0.39, 0.29) is 0 Å². The minimum Gasteiger partial charge on any atom is -0.496 e. The van der Waals surface area contributed by atoms with Crippen molar-refractivity contribution in [3.8, 4) is 5.75 Å². The van der Waals surface area contributed by atoms with Crippen molar-refractivity contribution in [2.24, 2.45) is 4.99 Å². The summed E-state index contributed by atoms with van der Waals surface area (Å²) in [5, 5.41) is 3.32. The third kappa shape index (κ3) is 5.33. The van der Waals surface area contributed by atoms with Crippen LogP contribution in [0.5, 0.6) is 5.75 Å². The summed E-state index contributed by atoms with van der Waals surface area (Å²) < 4.78 is 5.39. The number of benzene rings is 1. The molecule has 0 bridgehead atoms.